The first-order chi connectivity index (χ1) is 13.8. The summed E-state index contributed by atoms with van der Waals surface area (Å²) >= 11 is 7.21. The van der Waals surface area contributed by atoms with E-state index in [1.165, 1.54) is 11.8 Å². The molecule has 1 atom stereocenters. The molecule has 29 heavy (non-hydrogen) atoms. The van der Waals surface area contributed by atoms with Crippen molar-refractivity contribution in [2.24, 2.45) is 7.05 Å². The van der Waals surface area contributed by atoms with Crippen LogP contribution in [0, 0.1) is 0 Å². The van der Waals surface area contributed by atoms with Crippen molar-refractivity contribution >= 4 is 35.1 Å². The van der Waals surface area contributed by atoms with E-state index in [1.807, 2.05) is 32.4 Å². The van der Waals surface area contributed by atoms with E-state index >= 15 is 0 Å². The number of carbonyl (C=O) groups is 1. The third-order valence-electron chi connectivity index (χ3n) is 4.17. The summed E-state index contributed by atoms with van der Waals surface area (Å²) in [6, 6.07) is 9.06. The third-order valence-corrected chi connectivity index (χ3v) is 5.55. The lowest BCUT2D eigenvalue weighted by atomic mass is 10.3. The SMILES string of the molecule is CC(Sc1nnc(COc2ccc(Cl)cc2)n1C)C(=O)Nc1ccnn1C(C)C. The van der Waals surface area contributed by atoms with Crippen LogP contribution in [0.4, 0.5) is 5.82 Å². The topological polar surface area (TPSA) is 86.9 Å². The maximum absolute atomic E-state index is 12.6. The van der Waals surface area contributed by atoms with Crippen molar-refractivity contribution in [1.29, 1.82) is 0 Å². The molecule has 0 aliphatic carbocycles. The highest BCUT2D eigenvalue weighted by Gasteiger charge is 2.20. The molecule has 0 aliphatic heterocycles. The van der Waals surface area contributed by atoms with Crippen LogP contribution in [0.2, 0.25) is 5.02 Å². The van der Waals surface area contributed by atoms with Crippen molar-refractivity contribution < 1.29 is 9.53 Å². The van der Waals surface area contributed by atoms with Crippen LogP contribution < -0.4 is 10.1 Å². The zero-order valence-corrected chi connectivity index (χ0v) is 18.2. The van der Waals surface area contributed by atoms with Gasteiger partial charge in [-0.15, -0.1) is 10.2 Å². The largest absolute Gasteiger partial charge is 0.486 e. The minimum Gasteiger partial charge on any atom is -0.486 e. The Morgan fingerprint density at radius 1 is 1.21 bits per heavy atom. The molecule has 3 aromatic rings. The molecule has 2 aromatic heterocycles. The number of nitrogens with zero attached hydrogens (tertiary/aromatic N) is 5. The number of rotatable bonds is 8. The van der Waals surface area contributed by atoms with E-state index in [1.54, 1.807) is 41.2 Å². The average Bonchev–Trinajstić information content (AvgIpc) is 3.29. The van der Waals surface area contributed by atoms with Gasteiger partial charge in [-0.05, 0) is 45.0 Å². The van der Waals surface area contributed by atoms with Crippen LogP contribution in [0.15, 0.2) is 41.7 Å². The summed E-state index contributed by atoms with van der Waals surface area (Å²) < 4.78 is 9.31. The predicted octanol–water partition coefficient (Wildman–Crippen LogP) is 3.94. The zero-order valence-electron chi connectivity index (χ0n) is 16.7. The number of carbonyl (C=O) groups excluding carboxylic acids is 1. The number of hydrogen-bond acceptors (Lipinski definition) is 6. The lowest BCUT2D eigenvalue weighted by Crippen LogP contribution is -2.25. The molecule has 0 bridgehead atoms. The van der Waals surface area contributed by atoms with E-state index in [4.69, 9.17) is 16.3 Å². The Balaban J connectivity index is 1.59. The third kappa shape index (κ3) is 5.30. The Bertz CT molecular complexity index is 969. The van der Waals surface area contributed by atoms with Gasteiger partial charge in [0, 0.05) is 24.2 Å². The van der Waals surface area contributed by atoms with Crippen LogP contribution in [0.25, 0.3) is 0 Å². The van der Waals surface area contributed by atoms with Gasteiger partial charge in [0.25, 0.3) is 0 Å². The van der Waals surface area contributed by atoms with Crippen LogP contribution in [0.1, 0.15) is 32.6 Å². The van der Waals surface area contributed by atoms with E-state index in [2.05, 4.69) is 20.6 Å². The fourth-order valence-corrected chi connectivity index (χ4v) is 3.48. The lowest BCUT2D eigenvalue weighted by Gasteiger charge is -2.14. The first-order valence-electron chi connectivity index (χ1n) is 9.13. The van der Waals surface area contributed by atoms with Crippen LogP contribution in [-0.4, -0.2) is 35.7 Å². The summed E-state index contributed by atoms with van der Waals surface area (Å²) in [6.45, 7) is 6.11. The first-order valence-corrected chi connectivity index (χ1v) is 10.4. The minimum atomic E-state index is -0.363. The van der Waals surface area contributed by atoms with Crippen molar-refractivity contribution in [1.82, 2.24) is 24.5 Å². The van der Waals surface area contributed by atoms with Gasteiger partial charge in [-0.25, -0.2) is 4.68 Å². The van der Waals surface area contributed by atoms with E-state index in [0.717, 1.165) is 0 Å². The highest BCUT2D eigenvalue weighted by molar-refractivity contribution is 8.00. The Hall–Kier alpha value is -2.52. The number of anilines is 1. The molecule has 10 heteroatoms. The average molecular weight is 435 g/mol. The first kappa shape index (κ1) is 21.2. The normalized spacial score (nSPS) is 12.2. The molecule has 154 valence electrons. The summed E-state index contributed by atoms with van der Waals surface area (Å²) in [5.74, 6) is 1.90. The van der Waals surface area contributed by atoms with E-state index in [9.17, 15) is 4.79 Å². The molecule has 1 unspecified atom stereocenters. The molecule has 0 spiro atoms. The molecule has 1 N–H and O–H groups in total. The number of aromatic nitrogens is 5. The Morgan fingerprint density at radius 2 is 1.93 bits per heavy atom. The van der Waals surface area contributed by atoms with Crippen LogP contribution >= 0.6 is 23.4 Å². The number of benzene rings is 1. The summed E-state index contributed by atoms with van der Waals surface area (Å²) in [6.07, 6.45) is 1.67. The van der Waals surface area contributed by atoms with Gasteiger partial charge in [0.1, 0.15) is 18.2 Å². The highest BCUT2D eigenvalue weighted by atomic mass is 35.5. The van der Waals surface area contributed by atoms with Gasteiger partial charge in [-0.1, -0.05) is 23.4 Å². The fourth-order valence-electron chi connectivity index (χ4n) is 2.52. The van der Waals surface area contributed by atoms with Crippen molar-refractivity contribution in [2.75, 3.05) is 5.32 Å². The molecule has 0 saturated heterocycles. The molecule has 2 heterocycles. The molecule has 3 rings (SSSR count). The van der Waals surface area contributed by atoms with Gasteiger partial charge in [0.2, 0.25) is 5.91 Å². The Morgan fingerprint density at radius 3 is 2.62 bits per heavy atom. The van der Waals surface area contributed by atoms with Gasteiger partial charge in [-0.3, -0.25) is 4.79 Å². The number of thioether (sulfide) groups is 1. The van der Waals surface area contributed by atoms with Gasteiger partial charge in [0.15, 0.2) is 11.0 Å². The number of ether oxygens (including phenoxy) is 1. The molecule has 0 saturated carbocycles. The molecule has 0 fully saturated rings. The van der Waals surface area contributed by atoms with Gasteiger partial charge in [0.05, 0.1) is 11.4 Å². The standard InChI is InChI=1S/C19H23ClN6O2S/c1-12(2)26-16(9-10-21-26)22-18(27)13(3)29-19-24-23-17(25(19)4)11-28-15-7-5-14(20)6-8-15/h5-10,12-13H,11H2,1-4H3,(H,22,27). The molecule has 1 amide bonds. The summed E-state index contributed by atoms with van der Waals surface area (Å²) in [5, 5.41) is 16.4. The second-order valence-corrected chi connectivity index (χ2v) is 8.45. The van der Waals surface area contributed by atoms with E-state index in [-0.39, 0.29) is 23.8 Å². The lowest BCUT2D eigenvalue weighted by molar-refractivity contribution is -0.115. The van der Waals surface area contributed by atoms with Gasteiger partial charge >= 0.3 is 0 Å². The zero-order chi connectivity index (χ0) is 21.0. The van der Waals surface area contributed by atoms with Crippen LogP contribution in [-0.2, 0) is 18.4 Å². The molecular weight excluding hydrogens is 412 g/mol. The number of halogens is 1. The number of amides is 1. The molecule has 0 radical (unpaired) electrons. The van der Waals surface area contributed by atoms with E-state index in [0.29, 0.717) is 27.6 Å². The second-order valence-electron chi connectivity index (χ2n) is 6.70. The summed E-state index contributed by atoms with van der Waals surface area (Å²) in [7, 11) is 1.85. The van der Waals surface area contributed by atoms with Crippen LogP contribution in [0.5, 0.6) is 5.75 Å². The second kappa shape index (κ2) is 9.32. The van der Waals surface area contributed by atoms with Crippen molar-refractivity contribution in [2.45, 2.75) is 43.8 Å². The number of nitrogens with one attached hydrogen (secondary N) is 1. The molecule has 1 aromatic carbocycles. The van der Waals surface area contributed by atoms with Crippen molar-refractivity contribution in [3.63, 3.8) is 0 Å². The Labute approximate surface area is 178 Å². The minimum absolute atomic E-state index is 0.126. The highest BCUT2D eigenvalue weighted by Crippen LogP contribution is 2.24. The maximum Gasteiger partial charge on any atom is 0.238 e. The fraction of sp³-hybridized carbons (Fsp3) is 0.368. The Kier molecular flexibility index (Phi) is 6.81. The molecule has 8 nitrogen and oxygen atoms in total. The molecular formula is C19H23ClN6O2S. The molecule has 0 aliphatic rings. The van der Waals surface area contributed by atoms with Crippen molar-refractivity contribution in [3.8, 4) is 5.75 Å². The van der Waals surface area contributed by atoms with Crippen molar-refractivity contribution in [3.05, 3.63) is 47.4 Å². The van der Waals surface area contributed by atoms with Gasteiger partial charge < -0.3 is 14.6 Å². The van der Waals surface area contributed by atoms with Crippen LogP contribution in [0.3, 0.4) is 0 Å². The van der Waals surface area contributed by atoms with E-state index < -0.39 is 0 Å². The maximum atomic E-state index is 12.6. The summed E-state index contributed by atoms with van der Waals surface area (Å²) in [4.78, 5) is 12.6. The number of hydrogen-bond donors (Lipinski definition) is 1. The quantitative estimate of drug-likeness (QED) is 0.540. The smallest absolute Gasteiger partial charge is 0.238 e. The monoisotopic (exact) mass is 434 g/mol. The van der Waals surface area contributed by atoms with Gasteiger partial charge in [-0.2, -0.15) is 5.10 Å². The summed E-state index contributed by atoms with van der Waals surface area (Å²) in [5.41, 5.74) is 0. The predicted molar refractivity (Wildman–Crippen MR) is 113 cm³/mol.